The largest absolute Gasteiger partial charge is 0.481 e. The van der Waals surface area contributed by atoms with Gasteiger partial charge in [0.2, 0.25) is 5.91 Å². The smallest absolute Gasteiger partial charge is 0.308 e. The van der Waals surface area contributed by atoms with Crippen LogP contribution >= 0.6 is 11.3 Å². The van der Waals surface area contributed by atoms with Gasteiger partial charge in [0.15, 0.2) is 5.82 Å². The number of likely N-dealkylation sites (tertiary alicyclic amines) is 1. The molecule has 0 saturated carbocycles. The van der Waals surface area contributed by atoms with E-state index in [2.05, 4.69) is 67.2 Å². The second-order valence-electron chi connectivity index (χ2n) is 12.5. The van der Waals surface area contributed by atoms with Crippen molar-refractivity contribution in [2.24, 2.45) is 5.92 Å². The molecule has 3 heterocycles. The number of carbonyl (C=O) groups is 3. The molecular weight excluding hydrogens is 584 g/mol. The number of nitrogens with one attached hydrogen (secondary N) is 1. The van der Waals surface area contributed by atoms with Crippen LogP contribution in [0.15, 0.2) is 73.1 Å². The van der Waals surface area contributed by atoms with E-state index < -0.39 is 17.9 Å². The van der Waals surface area contributed by atoms with Crippen molar-refractivity contribution >= 4 is 41.3 Å². The van der Waals surface area contributed by atoms with Crippen molar-refractivity contribution in [3.8, 4) is 11.4 Å². The zero-order chi connectivity index (χ0) is 32.1. The van der Waals surface area contributed by atoms with Gasteiger partial charge in [-0.2, -0.15) is 0 Å². The van der Waals surface area contributed by atoms with E-state index in [4.69, 9.17) is 0 Å². The van der Waals surface area contributed by atoms with E-state index in [-0.39, 0.29) is 30.2 Å². The molecule has 8 nitrogen and oxygen atoms in total. The van der Waals surface area contributed by atoms with E-state index in [1.165, 1.54) is 16.9 Å². The number of aliphatic carboxylic acids is 1. The van der Waals surface area contributed by atoms with Crippen LogP contribution in [-0.4, -0.2) is 56.9 Å². The molecule has 2 atom stereocenters. The molecule has 1 aliphatic rings. The Morgan fingerprint density at radius 2 is 1.64 bits per heavy atom. The molecular formula is C36H38N4O4S. The Bertz CT molecular complexity index is 1690. The third kappa shape index (κ3) is 8.10. The van der Waals surface area contributed by atoms with E-state index in [0.29, 0.717) is 23.7 Å². The van der Waals surface area contributed by atoms with Crippen LogP contribution in [0.2, 0.25) is 0 Å². The number of aryl methyl sites for hydroxylation is 1. The first-order valence-electron chi connectivity index (χ1n) is 15.0. The first-order valence-corrected chi connectivity index (χ1v) is 15.9. The van der Waals surface area contributed by atoms with Crippen LogP contribution in [-0.2, 0) is 21.4 Å². The van der Waals surface area contributed by atoms with Crippen LogP contribution in [0, 0.1) is 12.8 Å². The first-order chi connectivity index (χ1) is 21.5. The quantitative estimate of drug-likeness (QED) is 0.228. The highest BCUT2D eigenvalue weighted by Crippen LogP contribution is 2.29. The average Bonchev–Trinajstić information content (AvgIpc) is 3.72. The van der Waals surface area contributed by atoms with Crippen LogP contribution in [0.4, 0.5) is 0 Å². The summed E-state index contributed by atoms with van der Waals surface area (Å²) in [7, 11) is 0. The highest BCUT2D eigenvalue weighted by Gasteiger charge is 2.35. The Morgan fingerprint density at radius 1 is 0.978 bits per heavy atom. The molecule has 1 aliphatic heterocycles. The number of aromatic nitrogens is 2. The third-order valence-corrected chi connectivity index (χ3v) is 9.40. The van der Waals surface area contributed by atoms with Crippen LogP contribution in [0.25, 0.3) is 23.5 Å². The molecule has 9 heteroatoms. The van der Waals surface area contributed by atoms with Gasteiger partial charge >= 0.3 is 5.97 Å². The summed E-state index contributed by atoms with van der Waals surface area (Å²) in [6.07, 6.45) is 8.22. The zero-order valence-electron chi connectivity index (χ0n) is 26.0. The number of nitrogens with zero attached hydrogens (tertiary/aromatic N) is 3. The van der Waals surface area contributed by atoms with Gasteiger partial charge in [-0.3, -0.25) is 14.4 Å². The number of hydrogen-bond donors (Lipinski definition) is 2. The van der Waals surface area contributed by atoms with Crippen LogP contribution < -0.4 is 5.32 Å². The van der Waals surface area contributed by atoms with Crippen LogP contribution in [0.5, 0.6) is 0 Å². The topological polar surface area (TPSA) is 112 Å². The van der Waals surface area contributed by atoms with Gasteiger partial charge in [-0.15, -0.1) is 11.3 Å². The summed E-state index contributed by atoms with van der Waals surface area (Å²) in [5.74, 6) is -1.52. The van der Waals surface area contributed by atoms with E-state index >= 15 is 0 Å². The van der Waals surface area contributed by atoms with Crippen molar-refractivity contribution in [3.05, 3.63) is 105 Å². The summed E-state index contributed by atoms with van der Waals surface area (Å²) in [5.41, 5.74) is 4.79. The molecule has 232 valence electrons. The van der Waals surface area contributed by atoms with Crippen molar-refractivity contribution in [2.75, 3.05) is 13.1 Å². The van der Waals surface area contributed by atoms with Crippen molar-refractivity contribution in [3.63, 3.8) is 0 Å². The fraction of sp³-hybridized carbons (Fsp3) is 0.306. The number of carboxylic acids is 1. The molecule has 2 amide bonds. The van der Waals surface area contributed by atoms with Crippen molar-refractivity contribution in [1.82, 2.24) is 20.2 Å². The van der Waals surface area contributed by atoms with Gasteiger partial charge in [0, 0.05) is 47.9 Å². The summed E-state index contributed by atoms with van der Waals surface area (Å²) in [6, 6.07) is 18.8. The lowest BCUT2D eigenvalue weighted by Crippen LogP contribution is -2.49. The molecule has 0 radical (unpaired) electrons. The molecule has 2 N–H and O–H groups in total. The summed E-state index contributed by atoms with van der Waals surface area (Å²) >= 11 is 1.41. The molecule has 2 aromatic carbocycles. The lowest BCUT2D eigenvalue weighted by Gasteiger charge is -2.24. The summed E-state index contributed by atoms with van der Waals surface area (Å²) in [6.45, 7) is 8.81. The average molecular weight is 623 g/mol. The minimum Gasteiger partial charge on any atom is -0.481 e. The van der Waals surface area contributed by atoms with E-state index in [9.17, 15) is 19.5 Å². The van der Waals surface area contributed by atoms with Crippen LogP contribution in [0.1, 0.15) is 64.0 Å². The Morgan fingerprint density at radius 3 is 2.24 bits per heavy atom. The fourth-order valence-corrected chi connectivity index (χ4v) is 6.11. The normalized spacial score (nSPS) is 15.7. The Hall–Kier alpha value is -4.63. The third-order valence-electron chi connectivity index (χ3n) is 7.89. The second kappa shape index (κ2) is 13.6. The second-order valence-corrected chi connectivity index (χ2v) is 13.6. The molecule has 2 aromatic heterocycles. The van der Waals surface area contributed by atoms with E-state index in [0.717, 1.165) is 27.1 Å². The van der Waals surface area contributed by atoms with Crippen molar-refractivity contribution in [1.29, 1.82) is 0 Å². The van der Waals surface area contributed by atoms with Gasteiger partial charge in [-0.05, 0) is 42.0 Å². The maximum Gasteiger partial charge on any atom is 0.308 e. The van der Waals surface area contributed by atoms with Gasteiger partial charge in [0.1, 0.15) is 6.04 Å². The molecule has 5 rings (SSSR count). The summed E-state index contributed by atoms with van der Waals surface area (Å²) in [5, 5.41) is 12.4. The lowest BCUT2D eigenvalue weighted by atomic mass is 9.95. The SMILES string of the molecule is Cc1ccc(/C=C/c2cnc(-c3ccc(C[C@H](NC(=O)c4ccc(C(C)(C)C)s4)C(=O)N4CC[C@H](C(=O)O)C4)cc3)nc2)cc1. The molecule has 0 aliphatic carbocycles. The summed E-state index contributed by atoms with van der Waals surface area (Å²) < 4.78 is 0. The predicted molar refractivity (Wildman–Crippen MR) is 178 cm³/mol. The maximum atomic E-state index is 13.6. The van der Waals surface area contributed by atoms with Gasteiger partial charge in [0.25, 0.3) is 5.91 Å². The minimum absolute atomic E-state index is 0.0935. The minimum atomic E-state index is -0.910. The molecule has 4 aromatic rings. The van der Waals surface area contributed by atoms with Gasteiger partial charge in [0.05, 0.1) is 10.8 Å². The molecule has 45 heavy (non-hydrogen) atoms. The molecule has 1 fully saturated rings. The summed E-state index contributed by atoms with van der Waals surface area (Å²) in [4.78, 5) is 50.7. The number of carbonyl (C=O) groups excluding carboxylic acids is 2. The number of carboxylic acid groups (broad SMARTS) is 1. The van der Waals surface area contributed by atoms with Crippen molar-refractivity contribution in [2.45, 2.75) is 52.0 Å². The molecule has 0 unspecified atom stereocenters. The predicted octanol–water partition coefficient (Wildman–Crippen LogP) is 6.26. The van der Waals surface area contributed by atoms with Gasteiger partial charge in [-0.25, -0.2) is 9.97 Å². The molecule has 0 bridgehead atoms. The zero-order valence-corrected chi connectivity index (χ0v) is 26.8. The number of amides is 2. The van der Waals surface area contributed by atoms with Gasteiger partial charge < -0.3 is 15.3 Å². The Balaban J connectivity index is 1.29. The Labute approximate surface area is 267 Å². The number of benzene rings is 2. The highest BCUT2D eigenvalue weighted by atomic mass is 32.1. The standard InChI is InChI=1S/C36H38N4O4S/c1-23-5-7-24(8-6-23)9-10-26-20-37-32(38-21-26)27-13-11-25(12-14-27)19-29(34(42)40-18-17-28(22-40)35(43)44)39-33(41)30-15-16-31(45-30)36(2,3)4/h5-16,20-21,28-29H,17-19,22H2,1-4H3,(H,39,41)(H,43,44)/b10-9+/t28-,29-/m0/s1. The van der Waals surface area contributed by atoms with Crippen LogP contribution in [0.3, 0.4) is 0 Å². The first kappa shape index (κ1) is 31.8. The number of rotatable bonds is 9. The lowest BCUT2D eigenvalue weighted by molar-refractivity contribution is -0.141. The highest BCUT2D eigenvalue weighted by molar-refractivity contribution is 7.14. The van der Waals surface area contributed by atoms with Gasteiger partial charge in [-0.1, -0.05) is 87.0 Å². The van der Waals surface area contributed by atoms with E-state index in [1.54, 1.807) is 23.4 Å². The maximum absolute atomic E-state index is 13.6. The fourth-order valence-electron chi connectivity index (χ4n) is 5.14. The monoisotopic (exact) mass is 622 g/mol. The molecule has 0 spiro atoms. The number of thiophene rings is 1. The van der Waals surface area contributed by atoms with E-state index in [1.807, 2.05) is 42.5 Å². The number of hydrogen-bond acceptors (Lipinski definition) is 6. The Kier molecular flexibility index (Phi) is 9.58. The van der Waals surface area contributed by atoms with Crippen molar-refractivity contribution < 1.29 is 19.5 Å². The molecule has 1 saturated heterocycles.